The number of hydrogen-bond acceptors (Lipinski definition) is 3. The van der Waals surface area contributed by atoms with Gasteiger partial charge in [0.05, 0.1) is 19.3 Å². The van der Waals surface area contributed by atoms with Gasteiger partial charge in [-0.3, -0.25) is 0 Å². The number of aliphatic hydroxyl groups excluding tert-OH is 1. The number of halogens is 2. The maximum atomic E-state index is 9.63. The van der Waals surface area contributed by atoms with Gasteiger partial charge in [-0.1, -0.05) is 46.2 Å². The van der Waals surface area contributed by atoms with Crippen molar-refractivity contribution >= 4 is 27.5 Å². The quantitative estimate of drug-likeness (QED) is 0.768. The summed E-state index contributed by atoms with van der Waals surface area (Å²) in [7, 11) is 0. The highest BCUT2D eigenvalue weighted by atomic mass is 79.9. The molecule has 5 heteroatoms. The van der Waals surface area contributed by atoms with Crippen LogP contribution in [0.15, 0.2) is 35.3 Å². The summed E-state index contributed by atoms with van der Waals surface area (Å²) in [5.74, 6) is 0. The van der Waals surface area contributed by atoms with E-state index in [2.05, 4.69) is 27.8 Å². The second-order valence-electron chi connectivity index (χ2n) is 3.94. The lowest BCUT2D eigenvalue weighted by Gasteiger charge is -2.12. The number of benzene rings is 1. The third-order valence-electron chi connectivity index (χ3n) is 2.19. The van der Waals surface area contributed by atoms with E-state index in [0.29, 0.717) is 31.3 Å². The van der Waals surface area contributed by atoms with Crippen LogP contribution in [-0.2, 0) is 11.3 Å². The van der Waals surface area contributed by atoms with Crippen molar-refractivity contribution < 1.29 is 9.84 Å². The summed E-state index contributed by atoms with van der Waals surface area (Å²) in [6.45, 7) is 5.57. The summed E-state index contributed by atoms with van der Waals surface area (Å²) in [5, 5.41) is 13.4. The predicted octanol–water partition coefficient (Wildman–Crippen LogP) is 2.72. The Bertz CT molecular complexity index is 370. The number of nitrogens with one attached hydrogen (secondary N) is 1. The van der Waals surface area contributed by atoms with Crippen LogP contribution in [-0.4, -0.2) is 30.9 Å². The van der Waals surface area contributed by atoms with E-state index < -0.39 is 6.10 Å². The standard InChI is InChI=1S/C13H17BrClNO2/c1-10(14)6-16-7-13(17)9-18-8-11-2-4-12(15)5-3-11/h2-5,13,16-17H,1,6-9H2. The Morgan fingerprint density at radius 2 is 2.11 bits per heavy atom. The number of aliphatic hydroxyl groups is 1. The molecule has 0 spiro atoms. The second kappa shape index (κ2) is 8.67. The molecule has 1 atom stereocenters. The molecular formula is C13H17BrClNO2. The Labute approximate surface area is 121 Å². The summed E-state index contributed by atoms with van der Waals surface area (Å²) in [4.78, 5) is 0. The zero-order valence-corrected chi connectivity index (χ0v) is 12.4. The van der Waals surface area contributed by atoms with E-state index in [4.69, 9.17) is 16.3 Å². The lowest BCUT2D eigenvalue weighted by atomic mass is 10.2. The molecule has 0 saturated heterocycles. The highest BCUT2D eigenvalue weighted by molar-refractivity contribution is 9.11. The average molecular weight is 335 g/mol. The molecule has 0 aliphatic carbocycles. The molecule has 0 heterocycles. The monoisotopic (exact) mass is 333 g/mol. The fourth-order valence-electron chi connectivity index (χ4n) is 1.33. The van der Waals surface area contributed by atoms with Gasteiger partial charge < -0.3 is 15.2 Å². The first-order valence-electron chi connectivity index (χ1n) is 5.62. The van der Waals surface area contributed by atoms with Crippen LogP contribution in [0.25, 0.3) is 0 Å². The van der Waals surface area contributed by atoms with Gasteiger partial charge in [0.25, 0.3) is 0 Å². The SMILES string of the molecule is C=C(Br)CNCC(O)COCc1ccc(Cl)cc1. The van der Waals surface area contributed by atoms with Gasteiger partial charge in [-0.2, -0.15) is 0 Å². The molecule has 0 amide bonds. The zero-order chi connectivity index (χ0) is 13.4. The van der Waals surface area contributed by atoms with Gasteiger partial charge in [0, 0.05) is 22.6 Å². The molecule has 3 nitrogen and oxygen atoms in total. The Morgan fingerprint density at radius 1 is 1.44 bits per heavy atom. The smallest absolute Gasteiger partial charge is 0.0897 e. The van der Waals surface area contributed by atoms with E-state index >= 15 is 0 Å². The first kappa shape index (κ1) is 15.7. The first-order valence-corrected chi connectivity index (χ1v) is 6.79. The third-order valence-corrected chi connectivity index (χ3v) is 2.72. The zero-order valence-electron chi connectivity index (χ0n) is 10.0. The van der Waals surface area contributed by atoms with E-state index in [9.17, 15) is 5.11 Å². The normalized spacial score (nSPS) is 12.4. The van der Waals surface area contributed by atoms with Crippen LogP contribution in [0.3, 0.4) is 0 Å². The van der Waals surface area contributed by atoms with Crippen molar-refractivity contribution in [3.05, 3.63) is 45.9 Å². The molecule has 0 fully saturated rings. The highest BCUT2D eigenvalue weighted by Gasteiger charge is 2.04. The van der Waals surface area contributed by atoms with Crippen LogP contribution in [0.4, 0.5) is 0 Å². The van der Waals surface area contributed by atoms with Crippen molar-refractivity contribution in [3.63, 3.8) is 0 Å². The summed E-state index contributed by atoms with van der Waals surface area (Å²) < 4.78 is 6.27. The van der Waals surface area contributed by atoms with Gasteiger partial charge >= 0.3 is 0 Å². The maximum absolute atomic E-state index is 9.63. The predicted molar refractivity (Wildman–Crippen MR) is 78.1 cm³/mol. The topological polar surface area (TPSA) is 41.5 Å². The summed E-state index contributed by atoms with van der Waals surface area (Å²) in [6, 6.07) is 7.45. The van der Waals surface area contributed by atoms with E-state index in [1.165, 1.54) is 0 Å². The van der Waals surface area contributed by atoms with Gasteiger partial charge in [-0.05, 0) is 17.7 Å². The van der Waals surface area contributed by atoms with Crippen molar-refractivity contribution in [2.45, 2.75) is 12.7 Å². The van der Waals surface area contributed by atoms with E-state index in [1.54, 1.807) is 0 Å². The molecule has 0 aromatic heterocycles. The minimum absolute atomic E-state index is 0.296. The lowest BCUT2D eigenvalue weighted by Crippen LogP contribution is -2.30. The molecule has 0 bridgehead atoms. The molecule has 1 unspecified atom stereocenters. The number of hydrogen-bond donors (Lipinski definition) is 2. The number of rotatable bonds is 8. The highest BCUT2D eigenvalue weighted by Crippen LogP contribution is 2.10. The molecule has 2 N–H and O–H groups in total. The molecule has 0 saturated carbocycles. The number of ether oxygens (including phenoxy) is 1. The third kappa shape index (κ3) is 7.13. The fourth-order valence-corrected chi connectivity index (χ4v) is 1.65. The minimum atomic E-state index is -0.524. The molecule has 1 aromatic rings. The van der Waals surface area contributed by atoms with Crippen molar-refractivity contribution in [2.24, 2.45) is 0 Å². The van der Waals surface area contributed by atoms with E-state index in [0.717, 1.165) is 10.0 Å². The Morgan fingerprint density at radius 3 is 2.72 bits per heavy atom. The molecule has 100 valence electrons. The maximum Gasteiger partial charge on any atom is 0.0897 e. The Kier molecular flexibility index (Phi) is 7.54. The van der Waals surface area contributed by atoms with Crippen LogP contribution in [0, 0.1) is 0 Å². The van der Waals surface area contributed by atoms with Crippen LogP contribution in [0.5, 0.6) is 0 Å². The van der Waals surface area contributed by atoms with Gasteiger partial charge in [0.1, 0.15) is 0 Å². The summed E-state index contributed by atoms with van der Waals surface area (Å²) in [5.41, 5.74) is 1.04. The lowest BCUT2D eigenvalue weighted by molar-refractivity contribution is 0.0293. The van der Waals surface area contributed by atoms with Crippen molar-refractivity contribution in [1.29, 1.82) is 0 Å². The molecule has 1 rings (SSSR count). The van der Waals surface area contributed by atoms with Crippen LogP contribution < -0.4 is 5.32 Å². The van der Waals surface area contributed by atoms with E-state index in [-0.39, 0.29) is 0 Å². The largest absolute Gasteiger partial charge is 0.389 e. The Balaban J connectivity index is 2.13. The fraction of sp³-hybridized carbons (Fsp3) is 0.385. The van der Waals surface area contributed by atoms with Crippen LogP contribution in [0.1, 0.15) is 5.56 Å². The van der Waals surface area contributed by atoms with E-state index in [1.807, 2.05) is 24.3 Å². The molecule has 1 aromatic carbocycles. The summed E-state index contributed by atoms with van der Waals surface area (Å²) in [6.07, 6.45) is -0.524. The van der Waals surface area contributed by atoms with Crippen LogP contribution >= 0.6 is 27.5 Å². The van der Waals surface area contributed by atoms with Crippen LogP contribution in [0.2, 0.25) is 5.02 Å². The minimum Gasteiger partial charge on any atom is -0.389 e. The molecule has 0 radical (unpaired) electrons. The average Bonchev–Trinajstić information content (AvgIpc) is 2.31. The van der Waals surface area contributed by atoms with Gasteiger partial charge in [-0.25, -0.2) is 0 Å². The van der Waals surface area contributed by atoms with Gasteiger partial charge in [0.15, 0.2) is 0 Å². The van der Waals surface area contributed by atoms with Crippen molar-refractivity contribution in [1.82, 2.24) is 5.32 Å². The first-order chi connectivity index (χ1) is 8.58. The van der Waals surface area contributed by atoms with Crippen molar-refractivity contribution in [3.8, 4) is 0 Å². The van der Waals surface area contributed by atoms with Gasteiger partial charge in [0.2, 0.25) is 0 Å². The molecule has 18 heavy (non-hydrogen) atoms. The molecule has 0 aliphatic heterocycles. The molecule has 0 aliphatic rings. The summed E-state index contributed by atoms with van der Waals surface area (Å²) >= 11 is 9.01. The van der Waals surface area contributed by atoms with Gasteiger partial charge in [-0.15, -0.1) is 0 Å². The molecular weight excluding hydrogens is 318 g/mol. The van der Waals surface area contributed by atoms with Crippen molar-refractivity contribution in [2.75, 3.05) is 19.7 Å². The Hall–Kier alpha value is -0.390. The second-order valence-corrected chi connectivity index (χ2v) is 5.50.